The van der Waals surface area contributed by atoms with E-state index in [1.54, 1.807) is 13.8 Å². The Morgan fingerprint density at radius 1 is 1.42 bits per heavy atom. The fourth-order valence-electron chi connectivity index (χ4n) is 1.65. The van der Waals surface area contributed by atoms with E-state index in [1.807, 2.05) is 4.90 Å². The van der Waals surface area contributed by atoms with Gasteiger partial charge in [-0.2, -0.15) is 0 Å². The molecule has 3 unspecified atom stereocenters. The van der Waals surface area contributed by atoms with E-state index >= 15 is 0 Å². The summed E-state index contributed by atoms with van der Waals surface area (Å²) in [4.78, 5) is 1.92. The average Bonchev–Trinajstić information content (AvgIpc) is 2.04. The Morgan fingerprint density at radius 3 is 2.50 bits per heavy atom. The molecule has 1 aliphatic rings. The molecule has 0 aliphatic carbocycles. The number of nitrogens with one attached hydrogen (secondary N) is 1. The van der Waals surface area contributed by atoms with E-state index in [4.69, 9.17) is 0 Å². The third kappa shape index (κ3) is 2.17. The maximum atomic E-state index is 9.40. The lowest BCUT2D eigenvalue weighted by Gasteiger charge is -2.39. The van der Waals surface area contributed by atoms with Crippen LogP contribution in [-0.4, -0.2) is 53.1 Å². The van der Waals surface area contributed by atoms with Crippen LogP contribution in [0.15, 0.2) is 0 Å². The molecule has 0 bridgehead atoms. The van der Waals surface area contributed by atoms with Gasteiger partial charge in [0.1, 0.15) is 6.23 Å². The van der Waals surface area contributed by atoms with Crippen molar-refractivity contribution in [1.82, 2.24) is 10.2 Å². The first-order valence-electron chi connectivity index (χ1n) is 4.45. The number of nitrogens with zero attached hydrogens (tertiary/aromatic N) is 1. The summed E-state index contributed by atoms with van der Waals surface area (Å²) in [6.45, 7) is 5.93. The molecule has 0 spiro atoms. The smallest absolute Gasteiger partial charge is 0.104 e. The molecule has 3 atom stereocenters. The normalized spacial score (nSPS) is 31.5. The van der Waals surface area contributed by atoms with Gasteiger partial charge in [-0.3, -0.25) is 4.90 Å². The number of rotatable bonds is 2. The van der Waals surface area contributed by atoms with E-state index in [2.05, 4.69) is 5.32 Å². The van der Waals surface area contributed by atoms with Crippen LogP contribution in [0.3, 0.4) is 0 Å². The molecule has 3 N–H and O–H groups in total. The summed E-state index contributed by atoms with van der Waals surface area (Å²) in [5, 5.41) is 22.0. The van der Waals surface area contributed by atoms with Gasteiger partial charge in [0.15, 0.2) is 0 Å². The van der Waals surface area contributed by atoms with Gasteiger partial charge in [0, 0.05) is 19.6 Å². The monoisotopic (exact) mass is 174 g/mol. The van der Waals surface area contributed by atoms with E-state index in [0.717, 1.165) is 19.6 Å². The predicted molar refractivity (Wildman–Crippen MR) is 46.7 cm³/mol. The Bertz CT molecular complexity index is 123. The third-order valence-electron chi connectivity index (χ3n) is 2.36. The average molecular weight is 174 g/mol. The van der Waals surface area contributed by atoms with Crippen molar-refractivity contribution in [3.63, 3.8) is 0 Å². The highest BCUT2D eigenvalue weighted by molar-refractivity contribution is 4.83. The number of aliphatic hydroxyl groups excluding tert-OH is 2. The Hall–Kier alpha value is -0.160. The quantitative estimate of drug-likeness (QED) is 0.501. The topological polar surface area (TPSA) is 55.7 Å². The molecule has 0 amide bonds. The molecule has 1 heterocycles. The summed E-state index contributed by atoms with van der Waals surface area (Å²) in [6.07, 6.45) is -0.862. The van der Waals surface area contributed by atoms with E-state index in [9.17, 15) is 10.2 Å². The molecule has 0 radical (unpaired) electrons. The van der Waals surface area contributed by atoms with Crippen LogP contribution < -0.4 is 5.32 Å². The molecule has 1 saturated heterocycles. The van der Waals surface area contributed by atoms with Crippen LogP contribution in [0.25, 0.3) is 0 Å². The molecule has 0 aromatic rings. The number of hydrogen-bond donors (Lipinski definition) is 3. The van der Waals surface area contributed by atoms with Crippen molar-refractivity contribution in [1.29, 1.82) is 0 Å². The van der Waals surface area contributed by atoms with Gasteiger partial charge in [0.25, 0.3) is 0 Å². The molecule has 1 rings (SSSR count). The summed E-state index contributed by atoms with van der Waals surface area (Å²) in [6, 6.07) is 0.0405. The molecule has 12 heavy (non-hydrogen) atoms. The van der Waals surface area contributed by atoms with Gasteiger partial charge < -0.3 is 15.5 Å². The van der Waals surface area contributed by atoms with Crippen LogP contribution in [0.1, 0.15) is 13.8 Å². The zero-order chi connectivity index (χ0) is 9.14. The molecule has 0 aromatic heterocycles. The number of aliphatic hydroxyl groups is 2. The Morgan fingerprint density at radius 2 is 2.08 bits per heavy atom. The summed E-state index contributed by atoms with van der Waals surface area (Å²) in [5.74, 6) is 0. The van der Waals surface area contributed by atoms with Crippen LogP contribution in [0.4, 0.5) is 0 Å². The first-order valence-corrected chi connectivity index (χ1v) is 4.45. The van der Waals surface area contributed by atoms with Crippen molar-refractivity contribution >= 4 is 0 Å². The summed E-state index contributed by atoms with van der Waals surface area (Å²) < 4.78 is 0. The highest BCUT2D eigenvalue weighted by atomic mass is 16.3. The molecule has 72 valence electrons. The van der Waals surface area contributed by atoms with Crippen LogP contribution in [0, 0.1) is 0 Å². The van der Waals surface area contributed by atoms with Gasteiger partial charge in [-0.25, -0.2) is 0 Å². The fourth-order valence-corrected chi connectivity index (χ4v) is 1.65. The number of piperazine rings is 1. The van der Waals surface area contributed by atoms with Gasteiger partial charge in [-0.15, -0.1) is 0 Å². The maximum absolute atomic E-state index is 9.40. The van der Waals surface area contributed by atoms with E-state index in [-0.39, 0.29) is 6.04 Å². The van der Waals surface area contributed by atoms with Crippen LogP contribution in [0.5, 0.6) is 0 Å². The van der Waals surface area contributed by atoms with Crippen molar-refractivity contribution in [3.05, 3.63) is 0 Å². The molecule has 0 saturated carbocycles. The Kier molecular flexibility index (Phi) is 3.46. The zero-order valence-electron chi connectivity index (χ0n) is 7.70. The molecular weight excluding hydrogens is 156 g/mol. The van der Waals surface area contributed by atoms with Gasteiger partial charge in [0.2, 0.25) is 0 Å². The van der Waals surface area contributed by atoms with Crippen molar-refractivity contribution in [3.8, 4) is 0 Å². The second kappa shape index (κ2) is 4.18. The lowest BCUT2D eigenvalue weighted by Crippen LogP contribution is -2.58. The molecule has 4 nitrogen and oxygen atoms in total. The lowest BCUT2D eigenvalue weighted by atomic mass is 10.1. The summed E-state index contributed by atoms with van der Waals surface area (Å²) in [7, 11) is 0. The Labute approximate surface area is 73.2 Å². The minimum absolute atomic E-state index is 0.0405. The molecular formula is C8H18N2O2. The standard InChI is InChI=1S/C8H18N2O2/c1-6(11)8-5-9-3-4-10(8)7(2)12/h6-9,11-12H,3-5H2,1-2H3. The highest BCUT2D eigenvalue weighted by Crippen LogP contribution is 2.09. The first-order chi connectivity index (χ1) is 5.63. The van der Waals surface area contributed by atoms with Gasteiger partial charge in [0.05, 0.1) is 12.1 Å². The van der Waals surface area contributed by atoms with Crippen molar-refractivity contribution in [2.45, 2.75) is 32.2 Å². The second-order valence-corrected chi connectivity index (χ2v) is 3.38. The van der Waals surface area contributed by atoms with E-state index < -0.39 is 12.3 Å². The van der Waals surface area contributed by atoms with Crippen LogP contribution in [-0.2, 0) is 0 Å². The summed E-state index contributed by atoms with van der Waals surface area (Å²) in [5.41, 5.74) is 0. The van der Waals surface area contributed by atoms with Crippen LogP contribution >= 0.6 is 0 Å². The largest absolute Gasteiger partial charge is 0.392 e. The minimum atomic E-state index is -0.466. The van der Waals surface area contributed by atoms with E-state index in [0.29, 0.717) is 0 Å². The minimum Gasteiger partial charge on any atom is -0.392 e. The molecule has 1 fully saturated rings. The Balaban J connectivity index is 2.54. The SMILES string of the molecule is CC(O)C1CNCCN1C(C)O. The van der Waals surface area contributed by atoms with Gasteiger partial charge >= 0.3 is 0 Å². The molecule has 1 aliphatic heterocycles. The predicted octanol–water partition coefficient (Wildman–Crippen LogP) is -1.02. The van der Waals surface area contributed by atoms with Crippen molar-refractivity contribution in [2.75, 3.05) is 19.6 Å². The first kappa shape index (κ1) is 9.92. The third-order valence-corrected chi connectivity index (χ3v) is 2.36. The van der Waals surface area contributed by atoms with Crippen LogP contribution in [0.2, 0.25) is 0 Å². The van der Waals surface area contributed by atoms with Crippen molar-refractivity contribution in [2.24, 2.45) is 0 Å². The van der Waals surface area contributed by atoms with Gasteiger partial charge in [-0.1, -0.05) is 0 Å². The van der Waals surface area contributed by atoms with E-state index in [1.165, 1.54) is 0 Å². The molecule has 4 heteroatoms. The fraction of sp³-hybridized carbons (Fsp3) is 1.00. The lowest BCUT2D eigenvalue weighted by molar-refractivity contribution is -0.0579. The number of hydrogen-bond acceptors (Lipinski definition) is 4. The molecule has 0 aromatic carbocycles. The van der Waals surface area contributed by atoms with Gasteiger partial charge in [-0.05, 0) is 13.8 Å². The summed E-state index contributed by atoms with van der Waals surface area (Å²) >= 11 is 0. The highest BCUT2D eigenvalue weighted by Gasteiger charge is 2.28. The second-order valence-electron chi connectivity index (χ2n) is 3.38. The van der Waals surface area contributed by atoms with Crippen molar-refractivity contribution < 1.29 is 10.2 Å². The maximum Gasteiger partial charge on any atom is 0.104 e. The zero-order valence-corrected chi connectivity index (χ0v) is 7.70.